The van der Waals surface area contributed by atoms with Crippen molar-refractivity contribution in [3.8, 4) is 5.75 Å². The van der Waals surface area contributed by atoms with Gasteiger partial charge in [-0.15, -0.1) is 0 Å². The van der Waals surface area contributed by atoms with Gasteiger partial charge in [0.05, 0.1) is 7.11 Å². The Morgan fingerprint density at radius 2 is 1.92 bits per heavy atom. The van der Waals surface area contributed by atoms with Crippen LogP contribution in [0.25, 0.3) is 0 Å². The predicted molar refractivity (Wildman–Crippen MR) is 106 cm³/mol. The molecule has 5 nitrogen and oxygen atoms in total. The zero-order valence-corrected chi connectivity index (χ0v) is 16.1. The Hall–Kier alpha value is -1.75. The zero-order chi connectivity index (χ0) is 17.9. The number of benzene rings is 1. The maximum Gasteiger partial charge on any atom is 0.190 e. The summed E-state index contributed by atoms with van der Waals surface area (Å²) in [7, 11) is 3.55. The predicted octanol–water partition coefficient (Wildman–Crippen LogP) is 2.59. The molecule has 2 rings (SSSR count). The van der Waals surface area contributed by atoms with Gasteiger partial charge in [0.25, 0.3) is 0 Å². The molecule has 1 heterocycles. The molecule has 5 heteroatoms. The second-order valence-electron chi connectivity index (χ2n) is 6.74. The van der Waals surface area contributed by atoms with E-state index in [1.54, 1.807) is 7.11 Å². The topological polar surface area (TPSA) is 48.9 Å². The lowest BCUT2D eigenvalue weighted by atomic mass is 10.1. The summed E-state index contributed by atoms with van der Waals surface area (Å²) in [5.41, 5.74) is 2.45. The molecule has 1 aliphatic rings. The van der Waals surface area contributed by atoms with Gasteiger partial charge < -0.3 is 20.3 Å². The van der Waals surface area contributed by atoms with Crippen LogP contribution in [0.15, 0.2) is 23.2 Å². The molecule has 0 bridgehead atoms. The lowest BCUT2D eigenvalue weighted by Gasteiger charge is -2.15. The van der Waals surface area contributed by atoms with Crippen LogP contribution in [0, 0.1) is 6.92 Å². The minimum Gasteiger partial charge on any atom is -0.496 e. The second-order valence-corrected chi connectivity index (χ2v) is 6.74. The van der Waals surface area contributed by atoms with Crippen LogP contribution in [0.4, 0.5) is 0 Å². The van der Waals surface area contributed by atoms with E-state index in [0.717, 1.165) is 31.2 Å². The number of hydrogen-bond acceptors (Lipinski definition) is 3. The summed E-state index contributed by atoms with van der Waals surface area (Å²) >= 11 is 0. The van der Waals surface area contributed by atoms with Crippen molar-refractivity contribution in [1.82, 2.24) is 15.5 Å². The quantitative estimate of drug-likeness (QED) is 0.410. The molecule has 1 aromatic rings. The molecule has 0 aromatic heterocycles. The Bertz CT molecular complexity index is 538. The molecule has 140 valence electrons. The van der Waals surface area contributed by atoms with Crippen LogP contribution in [-0.4, -0.2) is 57.7 Å². The van der Waals surface area contributed by atoms with Crippen molar-refractivity contribution in [2.45, 2.75) is 39.0 Å². The fraction of sp³-hybridized carbons (Fsp3) is 0.650. The monoisotopic (exact) mass is 346 g/mol. The maximum absolute atomic E-state index is 5.39. The first-order valence-corrected chi connectivity index (χ1v) is 9.53. The van der Waals surface area contributed by atoms with Gasteiger partial charge in [-0.05, 0) is 75.9 Å². The summed E-state index contributed by atoms with van der Waals surface area (Å²) in [5.74, 6) is 1.85. The number of rotatable bonds is 9. The summed E-state index contributed by atoms with van der Waals surface area (Å²) < 4.78 is 5.39. The first kappa shape index (κ1) is 19.6. The number of guanidine groups is 1. The van der Waals surface area contributed by atoms with E-state index in [1.807, 2.05) is 7.05 Å². The van der Waals surface area contributed by atoms with Gasteiger partial charge in [0, 0.05) is 20.1 Å². The summed E-state index contributed by atoms with van der Waals surface area (Å²) in [6, 6.07) is 6.39. The van der Waals surface area contributed by atoms with Gasteiger partial charge in [-0.2, -0.15) is 0 Å². The Balaban J connectivity index is 1.59. The SMILES string of the molecule is CN=C(NCCCCN1CCCC1)NCCc1ccc(C)c(OC)c1. The number of aryl methyl sites for hydroxylation is 1. The molecule has 0 radical (unpaired) electrons. The third-order valence-corrected chi connectivity index (χ3v) is 4.79. The number of methoxy groups -OCH3 is 1. The number of aliphatic imine (C=N–C) groups is 1. The van der Waals surface area contributed by atoms with Crippen LogP contribution in [0.2, 0.25) is 0 Å². The van der Waals surface area contributed by atoms with Crippen molar-refractivity contribution >= 4 is 5.96 Å². The molecule has 0 saturated carbocycles. The molecule has 1 saturated heterocycles. The zero-order valence-electron chi connectivity index (χ0n) is 16.1. The Morgan fingerprint density at radius 3 is 2.64 bits per heavy atom. The molecule has 0 unspecified atom stereocenters. The van der Waals surface area contributed by atoms with Gasteiger partial charge in [-0.1, -0.05) is 12.1 Å². The maximum atomic E-state index is 5.39. The fourth-order valence-corrected chi connectivity index (χ4v) is 3.24. The number of hydrogen-bond donors (Lipinski definition) is 2. The Kier molecular flexibility index (Phi) is 8.60. The highest BCUT2D eigenvalue weighted by atomic mass is 16.5. The average molecular weight is 347 g/mol. The molecule has 0 amide bonds. The molecular weight excluding hydrogens is 312 g/mol. The van der Waals surface area contributed by atoms with E-state index in [1.165, 1.54) is 56.4 Å². The van der Waals surface area contributed by atoms with Gasteiger partial charge in [0.1, 0.15) is 5.75 Å². The van der Waals surface area contributed by atoms with Crippen molar-refractivity contribution in [2.75, 3.05) is 46.9 Å². The van der Waals surface area contributed by atoms with Gasteiger partial charge in [-0.25, -0.2) is 0 Å². The Labute approximate surface area is 152 Å². The van der Waals surface area contributed by atoms with Crippen molar-refractivity contribution in [1.29, 1.82) is 0 Å². The summed E-state index contributed by atoms with van der Waals surface area (Å²) in [5, 5.41) is 6.80. The third kappa shape index (κ3) is 6.94. The first-order chi connectivity index (χ1) is 12.2. The number of ether oxygens (including phenoxy) is 1. The van der Waals surface area contributed by atoms with E-state index in [4.69, 9.17) is 4.74 Å². The van der Waals surface area contributed by atoms with E-state index in [2.05, 4.69) is 45.6 Å². The molecule has 0 spiro atoms. The van der Waals surface area contributed by atoms with E-state index in [0.29, 0.717) is 0 Å². The van der Waals surface area contributed by atoms with E-state index < -0.39 is 0 Å². The summed E-state index contributed by atoms with van der Waals surface area (Å²) in [6.07, 6.45) is 6.15. The van der Waals surface area contributed by atoms with Crippen LogP contribution in [0.3, 0.4) is 0 Å². The average Bonchev–Trinajstić information content (AvgIpc) is 3.14. The largest absolute Gasteiger partial charge is 0.496 e. The van der Waals surface area contributed by atoms with E-state index in [-0.39, 0.29) is 0 Å². The molecule has 1 aromatic carbocycles. The number of unbranched alkanes of at least 4 members (excludes halogenated alkanes) is 1. The van der Waals surface area contributed by atoms with Crippen LogP contribution in [0.5, 0.6) is 5.75 Å². The van der Waals surface area contributed by atoms with Crippen LogP contribution < -0.4 is 15.4 Å². The number of nitrogens with one attached hydrogen (secondary N) is 2. The highest BCUT2D eigenvalue weighted by Crippen LogP contribution is 2.18. The standard InChI is InChI=1S/C20H34N4O/c1-17-8-9-18(16-19(17)25-3)10-12-23-20(21-2)22-11-4-5-13-24-14-6-7-15-24/h8-9,16H,4-7,10-15H2,1-3H3,(H2,21,22,23). The van der Waals surface area contributed by atoms with Crippen LogP contribution >= 0.6 is 0 Å². The third-order valence-electron chi connectivity index (χ3n) is 4.79. The van der Waals surface area contributed by atoms with Gasteiger partial charge in [-0.3, -0.25) is 4.99 Å². The molecule has 0 atom stereocenters. The van der Waals surface area contributed by atoms with Crippen LogP contribution in [0.1, 0.15) is 36.8 Å². The van der Waals surface area contributed by atoms with Gasteiger partial charge in [0.2, 0.25) is 0 Å². The first-order valence-electron chi connectivity index (χ1n) is 9.53. The van der Waals surface area contributed by atoms with Crippen molar-refractivity contribution in [2.24, 2.45) is 4.99 Å². The number of nitrogens with zero attached hydrogens (tertiary/aromatic N) is 2. The van der Waals surface area contributed by atoms with Crippen LogP contribution in [-0.2, 0) is 6.42 Å². The molecular formula is C20H34N4O. The summed E-state index contributed by atoms with van der Waals surface area (Å²) in [4.78, 5) is 6.87. The van der Waals surface area contributed by atoms with E-state index in [9.17, 15) is 0 Å². The lowest BCUT2D eigenvalue weighted by molar-refractivity contribution is 0.330. The minimum absolute atomic E-state index is 0.861. The normalized spacial score (nSPS) is 15.4. The number of likely N-dealkylation sites (tertiary alicyclic amines) is 1. The van der Waals surface area contributed by atoms with E-state index >= 15 is 0 Å². The van der Waals surface area contributed by atoms with Gasteiger partial charge in [0.15, 0.2) is 5.96 Å². The minimum atomic E-state index is 0.861. The molecule has 0 aliphatic carbocycles. The highest BCUT2D eigenvalue weighted by Gasteiger charge is 2.10. The lowest BCUT2D eigenvalue weighted by Crippen LogP contribution is -2.38. The van der Waals surface area contributed by atoms with Gasteiger partial charge >= 0.3 is 0 Å². The van der Waals surface area contributed by atoms with Crippen molar-refractivity contribution in [3.63, 3.8) is 0 Å². The molecule has 2 N–H and O–H groups in total. The second kappa shape index (κ2) is 11.0. The Morgan fingerprint density at radius 1 is 1.16 bits per heavy atom. The molecule has 1 aliphatic heterocycles. The van der Waals surface area contributed by atoms with Crippen molar-refractivity contribution in [3.05, 3.63) is 29.3 Å². The summed E-state index contributed by atoms with van der Waals surface area (Å²) in [6.45, 7) is 7.73. The fourth-order valence-electron chi connectivity index (χ4n) is 3.24. The highest BCUT2D eigenvalue weighted by molar-refractivity contribution is 5.79. The molecule has 25 heavy (non-hydrogen) atoms. The van der Waals surface area contributed by atoms with Crippen molar-refractivity contribution < 1.29 is 4.74 Å². The molecule has 1 fully saturated rings. The smallest absolute Gasteiger partial charge is 0.190 e.